The molecule has 4 aromatic heterocycles. The van der Waals surface area contributed by atoms with Gasteiger partial charge in [0.1, 0.15) is 11.9 Å². The van der Waals surface area contributed by atoms with Gasteiger partial charge in [0.2, 0.25) is 0 Å². The number of anilines is 1. The standard InChI is InChI=1S/C22H21N7S.2ClH/c1-14-22(30-15(2)27-14)17-9-19(21-18(10-23)12-26-29(21)13-17)16-3-4-20(25-11-16)28-7-5-24-6-8-28;;/h3-4,9,11-13,24H,5-8H2,1-2H3;2*1H. The maximum atomic E-state index is 9.60. The molecule has 0 aliphatic carbocycles. The van der Waals surface area contributed by atoms with Crippen LogP contribution in [0.5, 0.6) is 0 Å². The summed E-state index contributed by atoms with van der Waals surface area (Å²) in [5, 5.41) is 18.4. The van der Waals surface area contributed by atoms with E-state index in [1.807, 2.05) is 26.2 Å². The van der Waals surface area contributed by atoms with Crippen LogP contribution in [0.1, 0.15) is 16.3 Å². The van der Waals surface area contributed by atoms with Gasteiger partial charge in [-0.3, -0.25) is 0 Å². The van der Waals surface area contributed by atoms with E-state index >= 15 is 0 Å². The number of rotatable bonds is 3. The van der Waals surface area contributed by atoms with Crippen molar-refractivity contribution in [2.24, 2.45) is 0 Å². The molecule has 1 fully saturated rings. The van der Waals surface area contributed by atoms with Crippen molar-refractivity contribution in [1.29, 1.82) is 5.26 Å². The SMILES string of the molecule is Cc1nc(C)c(-c2cc(-c3ccc(N4CCNCC4)nc3)c3c(C#N)cnn3c2)s1.Cl.Cl. The fourth-order valence-electron chi connectivity index (χ4n) is 3.97. The molecule has 5 rings (SSSR count). The van der Waals surface area contributed by atoms with Gasteiger partial charge >= 0.3 is 0 Å². The Morgan fingerprint density at radius 3 is 2.50 bits per heavy atom. The number of thiazole rings is 1. The van der Waals surface area contributed by atoms with Gasteiger partial charge in [0.15, 0.2) is 0 Å². The highest BCUT2D eigenvalue weighted by Gasteiger charge is 2.17. The van der Waals surface area contributed by atoms with Crippen molar-refractivity contribution >= 4 is 47.5 Å². The Balaban J connectivity index is 0.00000144. The summed E-state index contributed by atoms with van der Waals surface area (Å²) >= 11 is 1.67. The number of hydrogen-bond acceptors (Lipinski definition) is 7. The van der Waals surface area contributed by atoms with Crippen molar-refractivity contribution in [2.45, 2.75) is 13.8 Å². The van der Waals surface area contributed by atoms with Crippen LogP contribution in [-0.2, 0) is 0 Å². The van der Waals surface area contributed by atoms with Gasteiger partial charge in [-0.15, -0.1) is 36.2 Å². The first kappa shape index (κ1) is 24.0. The third kappa shape index (κ3) is 4.30. The monoisotopic (exact) mass is 487 g/mol. The minimum Gasteiger partial charge on any atom is -0.354 e. The number of nitrogens with one attached hydrogen (secondary N) is 1. The summed E-state index contributed by atoms with van der Waals surface area (Å²) in [7, 11) is 0. The number of aryl methyl sites for hydroxylation is 2. The van der Waals surface area contributed by atoms with Crippen LogP contribution in [0.3, 0.4) is 0 Å². The summed E-state index contributed by atoms with van der Waals surface area (Å²) in [5.74, 6) is 0.982. The summed E-state index contributed by atoms with van der Waals surface area (Å²) < 4.78 is 1.79. The molecule has 166 valence electrons. The molecule has 7 nitrogen and oxygen atoms in total. The zero-order chi connectivity index (χ0) is 20.7. The molecule has 0 saturated carbocycles. The molecule has 0 radical (unpaired) electrons. The highest BCUT2D eigenvalue weighted by molar-refractivity contribution is 7.15. The topological polar surface area (TPSA) is 82.1 Å². The Morgan fingerprint density at radius 1 is 1.09 bits per heavy atom. The van der Waals surface area contributed by atoms with Gasteiger partial charge < -0.3 is 10.2 Å². The smallest absolute Gasteiger partial charge is 0.128 e. The van der Waals surface area contributed by atoms with Gasteiger partial charge in [0.05, 0.1) is 32.9 Å². The Hall–Kier alpha value is -2.70. The van der Waals surface area contributed by atoms with Crippen LogP contribution >= 0.6 is 36.2 Å². The quantitative estimate of drug-likeness (QED) is 0.464. The predicted octanol–water partition coefficient (Wildman–Crippen LogP) is 4.26. The van der Waals surface area contributed by atoms with E-state index in [0.29, 0.717) is 5.56 Å². The normalized spacial score (nSPS) is 13.3. The highest BCUT2D eigenvalue weighted by atomic mass is 35.5. The number of halogens is 2. The predicted molar refractivity (Wildman–Crippen MR) is 133 cm³/mol. The van der Waals surface area contributed by atoms with Crippen LogP contribution in [-0.4, -0.2) is 45.8 Å². The molecule has 1 N–H and O–H groups in total. The molecule has 0 bridgehead atoms. The summed E-state index contributed by atoms with van der Waals surface area (Å²) in [6.07, 6.45) is 5.49. The number of hydrogen-bond donors (Lipinski definition) is 1. The number of pyridine rings is 2. The Morgan fingerprint density at radius 2 is 1.88 bits per heavy atom. The largest absolute Gasteiger partial charge is 0.354 e. The number of piperazine rings is 1. The second-order valence-corrected chi connectivity index (χ2v) is 8.60. The maximum Gasteiger partial charge on any atom is 0.128 e. The van der Waals surface area contributed by atoms with E-state index in [2.05, 4.69) is 44.6 Å². The van der Waals surface area contributed by atoms with Gasteiger partial charge in [0.25, 0.3) is 0 Å². The number of aromatic nitrogens is 4. The van der Waals surface area contributed by atoms with E-state index in [1.165, 1.54) is 0 Å². The first-order chi connectivity index (χ1) is 14.6. The molecule has 10 heteroatoms. The van der Waals surface area contributed by atoms with Crippen molar-refractivity contribution in [1.82, 2.24) is 24.9 Å². The Labute approximate surface area is 202 Å². The average molecular weight is 488 g/mol. The minimum absolute atomic E-state index is 0. The van der Waals surface area contributed by atoms with Crippen LogP contribution in [0, 0.1) is 25.2 Å². The van der Waals surface area contributed by atoms with E-state index in [0.717, 1.165) is 69.8 Å². The Bertz CT molecular complexity index is 1270. The van der Waals surface area contributed by atoms with Crippen LogP contribution in [0.25, 0.3) is 27.1 Å². The van der Waals surface area contributed by atoms with Crippen molar-refractivity contribution < 1.29 is 0 Å². The van der Waals surface area contributed by atoms with E-state index in [1.54, 1.807) is 22.0 Å². The number of nitriles is 1. The lowest BCUT2D eigenvalue weighted by atomic mass is 10.0. The van der Waals surface area contributed by atoms with Crippen molar-refractivity contribution in [3.63, 3.8) is 0 Å². The summed E-state index contributed by atoms with van der Waals surface area (Å²) in [4.78, 5) is 12.7. The lowest BCUT2D eigenvalue weighted by molar-refractivity contribution is 0.585. The molecular formula is C22H23Cl2N7S. The molecule has 0 atom stereocenters. The molecule has 1 aliphatic heterocycles. The third-order valence-electron chi connectivity index (χ3n) is 5.40. The van der Waals surface area contributed by atoms with Crippen LogP contribution in [0.15, 0.2) is 36.8 Å². The molecule has 0 aromatic carbocycles. The van der Waals surface area contributed by atoms with E-state index in [9.17, 15) is 5.26 Å². The zero-order valence-corrected chi connectivity index (χ0v) is 20.2. The van der Waals surface area contributed by atoms with E-state index in [-0.39, 0.29) is 24.8 Å². The van der Waals surface area contributed by atoms with Crippen molar-refractivity contribution in [3.05, 3.63) is 53.1 Å². The van der Waals surface area contributed by atoms with Gasteiger partial charge in [-0.2, -0.15) is 10.4 Å². The van der Waals surface area contributed by atoms with Gasteiger partial charge in [-0.05, 0) is 32.0 Å². The molecule has 0 amide bonds. The number of fused-ring (bicyclic) bond motifs is 1. The van der Waals surface area contributed by atoms with Crippen LogP contribution in [0.2, 0.25) is 0 Å². The maximum absolute atomic E-state index is 9.60. The first-order valence-corrected chi connectivity index (χ1v) is 10.7. The lowest BCUT2D eigenvalue weighted by Crippen LogP contribution is -2.43. The third-order valence-corrected chi connectivity index (χ3v) is 6.52. The molecule has 1 saturated heterocycles. The van der Waals surface area contributed by atoms with Crippen molar-refractivity contribution in [3.8, 4) is 27.6 Å². The molecule has 5 heterocycles. The Kier molecular flexibility index (Phi) is 7.36. The van der Waals surface area contributed by atoms with Crippen LogP contribution in [0.4, 0.5) is 5.82 Å². The lowest BCUT2D eigenvalue weighted by Gasteiger charge is -2.28. The second-order valence-electron chi connectivity index (χ2n) is 7.40. The summed E-state index contributed by atoms with van der Waals surface area (Å²) in [6.45, 7) is 7.90. The average Bonchev–Trinajstić information content (AvgIpc) is 3.35. The van der Waals surface area contributed by atoms with Gasteiger partial charge in [-0.1, -0.05) is 0 Å². The van der Waals surface area contributed by atoms with E-state index in [4.69, 9.17) is 4.98 Å². The number of nitrogens with zero attached hydrogens (tertiary/aromatic N) is 6. The van der Waals surface area contributed by atoms with E-state index < -0.39 is 0 Å². The minimum atomic E-state index is 0. The van der Waals surface area contributed by atoms with Crippen molar-refractivity contribution in [2.75, 3.05) is 31.1 Å². The van der Waals surface area contributed by atoms with Crippen LogP contribution < -0.4 is 10.2 Å². The molecule has 0 unspecified atom stereocenters. The fraction of sp³-hybridized carbons (Fsp3) is 0.273. The van der Waals surface area contributed by atoms with Gasteiger partial charge in [-0.25, -0.2) is 14.5 Å². The second kappa shape index (κ2) is 9.84. The molecule has 32 heavy (non-hydrogen) atoms. The molecule has 1 aliphatic rings. The summed E-state index contributed by atoms with van der Waals surface area (Å²) in [6, 6.07) is 8.54. The zero-order valence-electron chi connectivity index (χ0n) is 17.7. The molecule has 0 spiro atoms. The molecular weight excluding hydrogens is 465 g/mol. The first-order valence-electron chi connectivity index (χ1n) is 9.92. The summed E-state index contributed by atoms with van der Waals surface area (Å²) in [5.41, 5.74) is 5.32. The fourth-order valence-corrected chi connectivity index (χ4v) is 4.87. The van der Waals surface area contributed by atoms with Gasteiger partial charge in [0, 0.05) is 55.3 Å². The highest BCUT2D eigenvalue weighted by Crippen LogP contribution is 2.35. The molecule has 4 aromatic rings.